The van der Waals surface area contributed by atoms with E-state index in [1.165, 1.54) is 0 Å². The lowest BCUT2D eigenvalue weighted by Crippen LogP contribution is -2.41. The zero-order valence-electron chi connectivity index (χ0n) is 14.4. The molecule has 0 saturated carbocycles. The predicted molar refractivity (Wildman–Crippen MR) is 102 cm³/mol. The smallest absolute Gasteiger partial charge is 0.269 e. The Labute approximate surface area is 161 Å². The first-order chi connectivity index (χ1) is 13.0. The van der Waals surface area contributed by atoms with E-state index in [1.54, 1.807) is 67.0 Å². The summed E-state index contributed by atoms with van der Waals surface area (Å²) in [4.78, 5) is 28.3. The molecule has 2 aromatic carbocycles. The number of halogens is 1. The van der Waals surface area contributed by atoms with Crippen molar-refractivity contribution in [1.82, 2.24) is 15.8 Å². The second-order valence-corrected chi connectivity index (χ2v) is 6.09. The Morgan fingerprint density at radius 3 is 2.22 bits per heavy atom. The van der Waals surface area contributed by atoms with E-state index in [1.807, 2.05) is 6.92 Å². The first-order valence-electron chi connectivity index (χ1n) is 8.08. The van der Waals surface area contributed by atoms with E-state index < -0.39 is 11.8 Å². The van der Waals surface area contributed by atoms with E-state index >= 15 is 0 Å². The number of aromatic nitrogens is 1. The molecule has 0 aliphatic carbocycles. The van der Waals surface area contributed by atoms with Crippen molar-refractivity contribution >= 4 is 23.4 Å². The Morgan fingerprint density at radius 1 is 0.889 bits per heavy atom. The summed E-state index contributed by atoms with van der Waals surface area (Å²) in [6.45, 7) is 1.84. The molecule has 0 atom stereocenters. The summed E-state index contributed by atoms with van der Waals surface area (Å²) in [6.07, 6.45) is 3.22. The van der Waals surface area contributed by atoms with E-state index in [2.05, 4.69) is 15.8 Å². The highest BCUT2D eigenvalue weighted by Crippen LogP contribution is 2.21. The summed E-state index contributed by atoms with van der Waals surface area (Å²) in [7, 11) is 0. The second kappa shape index (κ2) is 8.33. The molecule has 0 unspecified atom stereocenters. The number of benzene rings is 2. The number of ether oxygens (including phenoxy) is 1. The maximum Gasteiger partial charge on any atom is 0.269 e. The molecule has 0 spiro atoms. The summed E-state index contributed by atoms with van der Waals surface area (Å²) in [5.74, 6) is 0.161. The molecule has 27 heavy (non-hydrogen) atoms. The van der Waals surface area contributed by atoms with E-state index in [-0.39, 0.29) is 0 Å². The van der Waals surface area contributed by atoms with Crippen molar-refractivity contribution in [3.63, 3.8) is 0 Å². The molecule has 0 bridgehead atoms. The molecule has 0 aliphatic rings. The van der Waals surface area contributed by atoms with Crippen LogP contribution in [0, 0.1) is 6.92 Å². The van der Waals surface area contributed by atoms with Crippen LogP contribution in [0.25, 0.3) is 0 Å². The third kappa shape index (κ3) is 4.83. The fourth-order valence-corrected chi connectivity index (χ4v) is 2.42. The van der Waals surface area contributed by atoms with Gasteiger partial charge in [0.2, 0.25) is 0 Å². The van der Waals surface area contributed by atoms with Crippen molar-refractivity contribution in [3.05, 3.63) is 88.7 Å². The molecule has 6 nitrogen and oxygen atoms in total. The van der Waals surface area contributed by atoms with Crippen molar-refractivity contribution in [2.45, 2.75) is 6.92 Å². The SMILES string of the molecule is Cc1ccc(C(=O)NNC(=O)c2cccc(Oc3ccncc3)c2)cc1Cl. The van der Waals surface area contributed by atoms with E-state index in [0.717, 1.165) is 5.56 Å². The number of nitrogens with one attached hydrogen (secondary N) is 2. The van der Waals surface area contributed by atoms with Crippen molar-refractivity contribution in [2.24, 2.45) is 0 Å². The molecular weight excluding hydrogens is 366 g/mol. The van der Waals surface area contributed by atoms with Gasteiger partial charge in [0.05, 0.1) is 0 Å². The second-order valence-electron chi connectivity index (χ2n) is 5.69. The van der Waals surface area contributed by atoms with E-state index in [9.17, 15) is 9.59 Å². The molecule has 1 aromatic heterocycles. The van der Waals surface area contributed by atoms with E-state index in [0.29, 0.717) is 27.6 Å². The minimum absolute atomic E-state index is 0.337. The molecule has 3 aromatic rings. The molecule has 3 rings (SSSR count). The summed E-state index contributed by atoms with van der Waals surface area (Å²) in [6, 6.07) is 14.9. The van der Waals surface area contributed by atoms with Gasteiger partial charge >= 0.3 is 0 Å². The first-order valence-corrected chi connectivity index (χ1v) is 8.45. The van der Waals surface area contributed by atoms with Crippen LogP contribution in [0.5, 0.6) is 11.5 Å². The third-order valence-corrected chi connectivity index (χ3v) is 4.11. The van der Waals surface area contributed by atoms with Gasteiger partial charge in [0.1, 0.15) is 11.5 Å². The van der Waals surface area contributed by atoms with Crippen LogP contribution in [0.3, 0.4) is 0 Å². The normalized spacial score (nSPS) is 10.1. The molecular formula is C20H16ClN3O3. The minimum atomic E-state index is -0.471. The van der Waals surface area contributed by atoms with Crippen LogP contribution in [0.15, 0.2) is 67.0 Å². The quantitative estimate of drug-likeness (QED) is 0.671. The van der Waals surface area contributed by atoms with Gasteiger partial charge in [-0.25, -0.2) is 0 Å². The Balaban J connectivity index is 1.63. The number of nitrogens with zero attached hydrogens (tertiary/aromatic N) is 1. The highest BCUT2D eigenvalue weighted by Gasteiger charge is 2.11. The molecule has 136 valence electrons. The Kier molecular flexibility index (Phi) is 5.68. The van der Waals surface area contributed by atoms with Crippen LogP contribution in [0.1, 0.15) is 26.3 Å². The summed E-state index contributed by atoms with van der Waals surface area (Å²) < 4.78 is 5.67. The van der Waals surface area contributed by atoms with Gasteiger partial charge in [-0.1, -0.05) is 23.7 Å². The predicted octanol–water partition coefficient (Wildman–Crippen LogP) is 3.91. The molecule has 2 N–H and O–H groups in total. The van der Waals surface area contributed by atoms with Crippen molar-refractivity contribution in [3.8, 4) is 11.5 Å². The number of amides is 2. The van der Waals surface area contributed by atoms with Crippen molar-refractivity contribution < 1.29 is 14.3 Å². The van der Waals surface area contributed by atoms with Crippen LogP contribution in [0.4, 0.5) is 0 Å². The highest BCUT2D eigenvalue weighted by atomic mass is 35.5. The molecule has 0 fully saturated rings. The molecule has 7 heteroatoms. The molecule has 2 amide bonds. The maximum absolute atomic E-state index is 12.3. The van der Waals surface area contributed by atoms with Gasteiger partial charge < -0.3 is 4.74 Å². The lowest BCUT2D eigenvalue weighted by Gasteiger charge is -2.10. The Bertz CT molecular complexity index is 977. The Morgan fingerprint density at radius 2 is 1.56 bits per heavy atom. The van der Waals surface area contributed by atoms with Gasteiger partial charge in [-0.2, -0.15) is 0 Å². The van der Waals surface area contributed by atoms with Crippen LogP contribution in [0.2, 0.25) is 5.02 Å². The fourth-order valence-electron chi connectivity index (χ4n) is 2.24. The lowest BCUT2D eigenvalue weighted by molar-refractivity contribution is 0.0846. The lowest BCUT2D eigenvalue weighted by atomic mass is 10.1. The average molecular weight is 382 g/mol. The monoisotopic (exact) mass is 381 g/mol. The van der Waals surface area contributed by atoms with E-state index in [4.69, 9.17) is 16.3 Å². The largest absolute Gasteiger partial charge is 0.457 e. The summed E-state index contributed by atoms with van der Waals surface area (Å²) in [5.41, 5.74) is 6.29. The van der Waals surface area contributed by atoms with Gasteiger partial charge in [0.15, 0.2) is 0 Å². The van der Waals surface area contributed by atoms with Crippen molar-refractivity contribution in [1.29, 1.82) is 0 Å². The van der Waals surface area contributed by atoms with Gasteiger partial charge in [-0.3, -0.25) is 25.4 Å². The number of pyridine rings is 1. The topological polar surface area (TPSA) is 80.3 Å². The number of hydrazine groups is 1. The van der Waals surface area contributed by atoms with Crippen LogP contribution < -0.4 is 15.6 Å². The average Bonchev–Trinajstić information content (AvgIpc) is 2.69. The summed E-state index contributed by atoms with van der Waals surface area (Å²) in [5, 5.41) is 0.481. The number of rotatable bonds is 4. The molecule has 0 radical (unpaired) electrons. The van der Waals surface area contributed by atoms with Gasteiger partial charge in [0, 0.05) is 28.5 Å². The fraction of sp³-hybridized carbons (Fsp3) is 0.0500. The molecule has 0 saturated heterocycles. The zero-order valence-corrected chi connectivity index (χ0v) is 15.2. The number of hydrogen-bond acceptors (Lipinski definition) is 4. The standard InChI is InChI=1S/C20H16ClN3O3/c1-13-5-6-15(12-18(13)21)20(26)24-23-19(25)14-3-2-4-17(11-14)27-16-7-9-22-10-8-16/h2-12H,1H3,(H,23,25)(H,24,26). The number of aryl methyl sites for hydroxylation is 1. The highest BCUT2D eigenvalue weighted by molar-refractivity contribution is 6.31. The zero-order chi connectivity index (χ0) is 19.2. The number of carbonyl (C=O) groups excluding carboxylic acids is 2. The third-order valence-electron chi connectivity index (χ3n) is 3.71. The van der Waals surface area contributed by atoms with Crippen LogP contribution >= 0.6 is 11.6 Å². The van der Waals surface area contributed by atoms with Crippen molar-refractivity contribution in [2.75, 3.05) is 0 Å². The number of hydrogen-bond donors (Lipinski definition) is 2. The molecule has 1 heterocycles. The van der Waals surface area contributed by atoms with Crippen LogP contribution in [-0.4, -0.2) is 16.8 Å². The van der Waals surface area contributed by atoms with Gasteiger partial charge in [0.25, 0.3) is 11.8 Å². The van der Waals surface area contributed by atoms with Crippen LogP contribution in [-0.2, 0) is 0 Å². The van der Waals surface area contributed by atoms with Gasteiger partial charge in [-0.15, -0.1) is 0 Å². The first kappa shape index (κ1) is 18.4. The Hall–Kier alpha value is -3.38. The number of carbonyl (C=O) groups is 2. The molecule has 0 aliphatic heterocycles. The minimum Gasteiger partial charge on any atom is -0.457 e. The summed E-state index contributed by atoms with van der Waals surface area (Å²) >= 11 is 6.02. The van der Waals surface area contributed by atoms with Gasteiger partial charge in [-0.05, 0) is 55.0 Å². The maximum atomic E-state index is 12.3.